The average Bonchev–Trinajstić information content (AvgIpc) is 3.01. The van der Waals surface area contributed by atoms with Crippen LogP contribution >= 0.6 is 0 Å². The van der Waals surface area contributed by atoms with Crippen molar-refractivity contribution < 1.29 is 13.2 Å². The maximum Gasteiger partial charge on any atom is 0.321 e. The van der Waals surface area contributed by atoms with Crippen molar-refractivity contribution in [1.29, 1.82) is 5.26 Å². The second-order valence-electron chi connectivity index (χ2n) is 5.54. The lowest BCUT2D eigenvalue weighted by molar-refractivity contribution is 0.222. The third-order valence-corrected chi connectivity index (χ3v) is 5.88. The quantitative estimate of drug-likeness (QED) is 0.925. The maximum atomic E-state index is 12.2. The summed E-state index contributed by atoms with van der Waals surface area (Å²) in [6.07, 6.45) is 1.98. The number of nitrogens with zero attached hydrogens (tertiary/aromatic N) is 2. The summed E-state index contributed by atoms with van der Waals surface area (Å²) < 4.78 is 24.4. The van der Waals surface area contributed by atoms with Crippen molar-refractivity contribution in [1.82, 2.24) is 4.90 Å². The largest absolute Gasteiger partial charge is 0.325 e. The van der Waals surface area contributed by atoms with Gasteiger partial charge in [-0.05, 0) is 44.9 Å². The van der Waals surface area contributed by atoms with E-state index in [0.717, 1.165) is 25.9 Å². The molecule has 1 aromatic carbocycles. The standard InChI is InChI=1S/C15H19N3O3S/c1-11(2)22(20,21)14-6-5-13(9-12(14)10-16)17-15(19)18-7-3-4-8-18/h5-6,9,11H,3-4,7-8H2,1-2H3,(H,17,19). The van der Waals surface area contributed by atoms with Crippen molar-refractivity contribution in [2.24, 2.45) is 0 Å². The van der Waals surface area contributed by atoms with Crippen LogP contribution < -0.4 is 5.32 Å². The topological polar surface area (TPSA) is 90.3 Å². The van der Waals surface area contributed by atoms with Crippen LogP contribution in [0.3, 0.4) is 0 Å². The number of rotatable bonds is 3. The molecule has 0 spiro atoms. The van der Waals surface area contributed by atoms with Crippen molar-refractivity contribution in [3.8, 4) is 6.07 Å². The zero-order valence-corrected chi connectivity index (χ0v) is 13.5. The minimum atomic E-state index is -3.53. The van der Waals surface area contributed by atoms with Gasteiger partial charge in [0, 0.05) is 18.8 Å². The van der Waals surface area contributed by atoms with Gasteiger partial charge in [-0.25, -0.2) is 13.2 Å². The normalized spacial score (nSPS) is 14.9. The van der Waals surface area contributed by atoms with Crippen molar-refractivity contribution in [3.63, 3.8) is 0 Å². The number of sulfone groups is 1. The number of nitriles is 1. The molecule has 118 valence electrons. The predicted octanol–water partition coefficient (Wildman–Crippen LogP) is 2.37. The molecule has 1 fully saturated rings. The van der Waals surface area contributed by atoms with E-state index >= 15 is 0 Å². The summed E-state index contributed by atoms with van der Waals surface area (Å²) in [6, 6.07) is 5.98. The Morgan fingerprint density at radius 3 is 2.50 bits per heavy atom. The third kappa shape index (κ3) is 3.22. The van der Waals surface area contributed by atoms with Gasteiger partial charge in [0.1, 0.15) is 6.07 Å². The van der Waals surface area contributed by atoms with Gasteiger partial charge in [0.25, 0.3) is 0 Å². The summed E-state index contributed by atoms with van der Waals surface area (Å²) >= 11 is 0. The number of carbonyl (C=O) groups excluding carboxylic acids is 1. The van der Waals surface area contributed by atoms with Crippen molar-refractivity contribution in [2.45, 2.75) is 36.8 Å². The Labute approximate surface area is 130 Å². The molecular formula is C15H19N3O3S. The van der Waals surface area contributed by atoms with E-state index in [4.69, 9.17) is 0 Å². The molecule has 0 saturated carbocycles. The van der Waals surface area contributed by atoms with E-state index in [2.05, 4.69) is 5.32 Å². The number of likely N-dealkylation sites (tertiary alicyclic amines) is 1. The molecule has 1 heterocycles. The van der Waals surface area contributed by atoms with Gasteiger partial charge in [0.2, 0.25) is 0 Å². The van der Waals surface area contributed by atoms with Crippen LogP contribution in [0.5, 0.6) is 0 Å². The average molecular weight is 321 g/mol. The van der Waals surface area contributed by atoms with Gasteiger partial charge in [-0.2, -0.15) is 5.26 Å². The Morgan fingerprint density at radius 2 is 1.95 bits per heavy atom. The molecule has 0 aromatic heterocycles. The fourth-order valence-corrected chi connectivity index (χ4v) is 3.50. The first-order chi connectivity index (χ1) is 10.4. The van der Waals surface area contributed by atoms with Crippen LogP contribution in [0, 0.1) is 11.3 Å². The SMILES string of the molecule is CC(C)S(=O)(=O)c1ccc(NC(=O)N2CCCC2)cc1C#N. The second-order valence-corrected chi connectivity index (χ2v) is 8.01. The van der Waals surface area contributed by atoms with E-state index in [9.17, 15) is 18.5 Å². The molecule has 0 atom stereocenters. The van der Waals surface area contributed by atoms with Crippen molar-refractivity contribution in [2.75, 3.05) is 18.4 Å². The zero-order valence-electron chi connectivity index (χ0n) is 12.7. The summed E-state index contributed by atoms with van der Waals surface area (Å²) in [5.41, 5.74) is 0.476. The van der Waals surface area contributed by atoms with E-state index in [1.807, 2.05) is 6.07 Å². The first kappa shape index (κ1) is 16.3. The molecule has 2 amide bonds. The molecule has 0 unspecified atom stereocenters. The zero-order chi connectivity index (χ0) is 16.3. The number of nitrogens with one attached hydrogen (secondary N) is 1. The molecule has 0 bridgehead atoms. The van der Waals surface area contributed by atoms with Gasteiger partial charge in [-0.1, -0.05) is 0 Å². The van der Waals surface area contributed by atoms with Crippen LogP contribution in [0.4, 0.5) is 10.5 Å². The van der Waals surface area contributed by atoms with Crippen LogP contribution in [0.15, 0.2) is 23.1 Å². The van der Waals surface area contributed by atoms with Gasteiger partial charge in [0.15, 0.2) is 9.84 Å². The summed E-state index contributed by atoms with van der Waals surface area (Å²) in [5, 5.41) is 11.3. The van der Waals surface area contributed by atoms with Crippen LogP contribution in [0.25, 0.3) is 0 Å². The molecule has 1 aliphatic rings. The fraction of sp³-hybridized carbons (Fsp3) is 0.467. The van der Waals surface area contributed by atoms with Crippen molar-refractivity contribution in [3.05, 3.63) is 23.8 Å². The maximum absolute atomic E-state index is 12.2. The molecule has 2 rings (SSSR count). The minimum Gasteiger partial charge on any atom is -0.325 e. The number of hydrogen-bond acceptors (Lipinski definition) is 4. The third-order valence-electron chi connectivity index (χ3n) is 3.67. The summed E-state index contributed by atoms with van der Waals surface area (Å²) in [6.45, 7) is 4.58. The number of anilines is 1. The lowest BCUT2D eigenvalue weighted by Gasteiger charge is -2.17. The number of urea groups is 1. The molecule has 1 aliphatic heterocycles. The number of amides is 2. The van der Waals surface area contributed by atoms with Crippen LogP contribution in [-0.4, -0.2) is 37.7 Å². The summed E-state index contributed by atoms with van der Waals surface area (Å²) in [4.78, 5) is 13.7. The Balaban J connectivity index is 2.26. The molecule has 7 heteroatoms. The molecule has 1 N–H and O–H groups in total. The van der Waals surface area contributed by atoms with Crippen LogP contribution in [0.2, 0.25) is 0 Å². The highest BCUT2D eigenvalue weighted by molar-refractivity contribution is 7.92. The van der Waals surface area contributed by atoms with Gasteiger partial charge in [-0.3, -0.25) is 0 Å². The highest BCUT2D eigenvalue weighted by atomic mass is 32.2. The molecule has 0 aliphatic carbocycles. The Kier molecular flexibility index (Phi) is 4.71. The predicted molar refractivity (Wildman–Crippen MR) is 83.3 cm³/mol. The van der Waals surface area contributed by atoms with Crippen LogP contribution in [-0.2, 0) is 9.84 Å². The monoisotopic (exact) mass is 321 g/mol. The van der Waals surface area contributed by atoms with E-state index in [1.54, 1.807) is 18.7 Å². The molecule has 6 nitrogen and oxygen atoms in total. The molecule has 22 heavy (non-hydrogen) atoms. The van der Waals surface area contributed by atoms with E-state index in [0.29, 0.717) is 5.69 Å². The first-order valence-corrected chi connectivity index (χ1v) is 8.75. The second kappa shape index (κ2) is 6.36. The van der Waals surface area contributed by atoms with Crippen molar-refractivity contribution >= 4 is 21.6 Å². The van der Waals surface area contributed by atoms with Gasteiger partial charge >= 0.3 is 6.03 Å². The van der Waals surface area contributed by atoms with E-state index in [-0.39, 0.29) is 16.5 Å². The fourth-order valence-electron chi connectivity index (χ4n) is 2.32. The van der Waals surface area contributed by atoms with E-state index < -0.39 is 15.1 Å². The molecular weight excluding hydrogens is 302 g/mol. The molecule has 1 aromatic rings. The van der Waals surface area contributed by atoms with Gasteiger partial charge in [0.05, 0.1) is 15.7 Å². The summed E-state index contributed by atoms with van der Waals surface area (Å²) in [5.74, 6) is 0. The highest BCUT2D eigenvalue weighted by Crippen LogP contribution is 2.24. The van der Waals surface area contributed by atoms with Gasteiger partial charge in [-0.15, -0.1) is 0 Å². The molecule has 1 saturated heterocycles. The Morgan fingerprint density at radius 1 is 1.32 bits per heavy atom. The van der Waals surface area contributed by atoms with E-state index in [1.165, 1.54) is 18.2 Å². The number of hydrogen-bond donors (Lipinski definition) is 1. The Hall–Kier alpha value is -2.07. The number of benzene rings is 1. The number of carbonyl (C=O) groups is 1. The minimum absolute atomic E-state index is 0.00386. The Bertz CT molecular complexity index is 714. The van der Waals surface area contributed by atoms with Gasteiger partial charge < -0.3 is 10.2 Å². The molecule has 0 radical (unpaired) electrons. The first-order valence-electron chi connectivity index (χ1n) is 7.20. The lowest BCUT2D eigenvalue weighted by atomic mass is 10.2. The summed E-state index contributed by atoms with van der Waals surface area (Å²) in [7, 11) is -3.53. The lowest BCUT2D eigenvalue weighted by Crippen LogP contribution is -2.32. The highest BCUT2D eigenvalue weighted by Gasteiger charge is 2.24. The van der Waals surface area contributed by atoms with Crippen LogP contribution in [0.1, 0.15) is 32.3 Å². The smallest absolute Gasteiger partial charge is 0.321 e.